The Bertz CT molecular complexity index is 498. The molecule has 1 fully saturated rings. The fourth-order valence-electron chi connectivity index (χ4n) is 2.55. The van der Waals surface area contributed by atoms with Crippen molar-refractivity contribution in [3.05, 3.63) is 23.6 Å². The molecule has 116 valence electrons. The lowest BCUT2D eigenvalue weighted by molar-refractivity contribution is 0.0938. The molecule has 0 spiro atoms. The Kier molecular flexibility index (Phi) is 5.85. The number of nitrogens with zero attached hydrogens (tertiary/aromatic N) is 1. The number of hydrogen-bond acceptors (Lipinski definition) is 4. The molecule has 1 aromatic rings. The van der Waals surface area contributed by atoms with Crippen LogP contribution in [0, 0.1) is 5.82 Å². The molecule has 21 heavy (non-hydrogen) atoms. The molecule has 0 radical (unpaired) electrons. The van der Waals surface area contributed by atoms with Crippen LogP contribution in [0.25, 0.3) is 0 Å². The van der Waals surface area contributed by atoms with E-state index in [1.54, 1.807) is 0 Å². The van der Waals surface area contributed by atoms with E-state index in [1.807, 2.05) is 18.7 Å². The van der Waals surface area contributed by atoms with Crippen LogP contribution < -0.4 is 10.6 Å². The second-order valence-corrected chi connectivity index (χ2v) is 6.46. The molecule has 1 amide bonds. The van der Waals surface area contributed by atoms with Gasteiger partial charge >= 0.3 is 0 Å². The molecular formula is C15H22FN3OS. The quantitative estimate of drug-likeness (QED) is 0.848. The van der Waals surface area contributed by atoms with Gasteiger partial charge in [-0.25, -0.2) is 9.37 Å². The molecule has 2 N–H and O–H groups in total. The zero-order valence-electron chi connectivity index (χ0n) is 12.5. The highest BCUT2D eigenvalue weighted by molar-refractivity contribution is 7.99. The number of amides is 1. The van der Waals surface area contributed by atoms with Crippen LogP contribution in [0.5, 0.6) is 0 Å². The highest BCUT2D eigenvalue weighted by Crippen LogP contribution is 2.28. The summed E-state index contributed by atoms with van der Waals surface area (Å²) < 4.78 is 13.4. The Hall–Kier alpha value is -1.30. The second-order valence-electron chi connectivity index (χ2n) is 5.32. The summed E-state index contributed by atoms with van der Waals surface area (Å²) >= 11 is 1.84. The minimum absolute atomic E-state index is 0.178. The van der Waals surface area contributed by atoms with Gasteiger partial charge in [-0.2, -0.15) is 11.8 Å². The first kappa shape index (κ1) is 16.1. The van der Waals surface area contributed by atoms with Gasteiger partial charge in [-0.05, 0) is 38.0 Å². The molecule has 0 aliphatic heterocycles. The van der Waals surface area contributed by atoms with Gasteiger partial charge in [0.15, 0.2) is 0 Å². The molecule has 0 bridgehead atoms. The normalized spacial score (nSPS) is 21.3. The third kappa shape index (κ3) is 4.33. The van der Waals surface area contributed by atoms with Crippen LogP contribution in [0.2, 0.25) is 0 Å². The van der Waals surface area contributed by atoms with Crippen LogP contribution in [-0.4, -0.2) is 35.0 Å². The average Bonchev–Trinajstić information content (AvgIpc) is 2.93. The van der Waals surface area contributed by atoms with E-state index in [4.69, 9.17) is 0 Å². The van der Waals surface area contributed by atoms with E-state index in [0.29, 0.717) is 17.6 Å². The summed E-state index contributed by atoms with van der Waals surface area (Å²) in [7, 11) is 0. The first-order chi connectivity index (χ1) is 10.1. The van der Waals surface area contributed by atoms with Crippen molar-refractivity contribution in [1.29, 1.82) is 0 Å². The van der Waals surface area contributed by atoms with Crippen molar-refractivity contribution >= 4 is 23.5 Å². The number of rotatable bonds is 6. The predicted octanol–water partition coefficient (Wildman–Crippen LogP) is 3.06. The Morgan fingerprint density at radius 2 is 2.33 bits per heavy atom. The van der Waals surface area contributed by atoms with Crippen LogP contribution in [0.3, 0.4) is 0 Å². The number of hydrogen-bond donors (Lipinski definition) is 2. The number of carbonyl (C=O) groups is 1. The molecule has 4 nitrogen and oxygen atoms in total. The monoisotopic (exact) mass is 311 g/mol. The predicted molar refractivity (Wildman–Crippen MR) is 85.4 cm³/mol. The second kappa shape index (κ2) is 7.64. The maximum atomic E-state index is 13.4. The van der Waals surface area contributed by atoms with E-state index in [-0.39, 0.29) is 17.5 Å². The highest BCUT2D eigenvalue weighted by Gasteiger charge is 2.26. The third-order valence-corrected chi connectivity index (χ3v) is 4.79. The lowest BCUT2D eigenvalue weighted by Crippen LogP contribution is -2.33. The van der Waals surface area contributed by atoms with Gasteiger partial charge in [0.25, 0.3) is 5.91 Å². The average molecular weight is 311 g/mol. The van der Waals surface area contributed by atoms with Gasteiger partial charge < -0.3 is 10.6 Å². The summed E-state index contributed by atoms with van der Waals surface area (Å²) in [6.45, 7) is 2.73. The van der Waals surface area contributed by atoms with Crippen molar-refractivity contribution in [2.75, 3.05) is 18.1 Å². The maximum Gasteiger partial charge on any atom is 0.255 e. The van der Waals surface area contributed by atoms with Gasteiger partial charge in [0.05, 0.1) is 11.8 Å². The number of thioether (sulfide) groups is 1. The number of anilines is 1. The van der Waals surface area contributed by atoms with E-state index in [0.717, 1.165) is 31.9 Å². The first-order valence-electron chi connectivity index (χ1n) is 7.37. The lowest BCUT2D eigenvalue weighted by atomic mass is 10.2. The Morgan fingerprint density at radius 1 is 1.52 bits per heavy atom. The van der Waals surface area contributed by atoms with E-state index < -0.39 is 5.82 Å². The zero-order valence-corrected chi connectivity index (χ0v) is 13.3. The number of halogens is 1. The minimum Gasteiger partial charge on any atom is -0.369 e. The van der Waals surface area contributed by atoms with Crippen LogP contribution in [0.15, 0.2) is 12.3 Å². The Labute approximate surface area is 129 Å². The maximum absolute atomic E-state index is 13.4. The molecule has 6 heteroatoms. The van der Waals surface area contributed by atoms with Crippen molar-refractivity contribution in [1.82, 2.24) is 10.3 Å². The largest absolute Gasteiger partial charge is 0.369 e. The van der Waals surface area contributed by atoms with Crippen molar-refractivity contribution in [3.63, 3.8) is 0 Å². The van der Waals surface area contributed by atoms with E-state index >= 15 is 0 Å². The molecule has 0 aromatic carbocycles. The molecule has 1 aliphatic rings. The van der Waals surface area contributed by atoms with Gasteiger partial charge in [-0.3, -0.25) is 4.79 Å². The van der Waals surface area contributed by atoms with Gasteiger partial charge in [-0.15, -0.1) is 0 Å². The fourth-order valence-corrected chi connectivity index (χ4v) is 3.34. The molecule has 2 atom stereocenters. The molecule has 1 heterocycles. The summed E-state index contributed by atoms with van der Waals surface area (Å²) in [6.07, 6.45) is 7.23. The summed E-state index contributed by atoms with van der Waals surface area (Å²) in [5.74, 6) is -0.280. The van der Waals surface area contributed by atoms with Gasteiger partial charge in [0.2, 0.25) is 0 Å². The molecule has 2 unspecified atom stereocenters. The summed E-state index contributed by atoms with van der Waals surface area (Å²) in [4.78, 5) is 16.4. The van der Waals surface area contributed by atoms with E-state index in [9.17, 15) is 9.18 Å². The number of carbonyl (C=O) groups excluding carboxylic acids is 1. The summed E-state index contributed by atoms with van der Waals surface area (Å²) in [5, 5.41) is 6.69. The van der Waals surface area contributed by atoms with Crippen molar-refractivity contribution in [2.24, 2.45) is 0 Å². The molecule has 1 aliphatic carbocycles. The summed E-state index contributed by atoms with van der Waals surface area (Å²) in [5.41, 5.74) is 0.288. The molecule has 0 saturated heterocycles. The van der Waals surface area contributed by atoms with Crippen LogP contribution >= 0.6 is 11.8 Å². The van der Waals surface area contributed by atoms with Gasteiger partial charge in [0, 0.05) is 17.8 Å². The third-order valence-electron chi connectivity index (χ3n) is 3.69. The fraction of sp³-hybridized carbons (Fsp3) is 0.600. The van der Waals surface area contributed by atoms with Gasteiger partial charge in [0.1, 0.15) is 11.6 Å². The highest BCUT2D eigenvalue weighted by atomic mass is 32.2. The van der Waals surface area contributed by atoms with E-state index in [1.165, 1.54) is 6.07 Å². The van der Waals surface area contributed by atoms with Crippen molar-refractivity contribution in [2.45, 2.75) is 43.9 Å². The Balaban J connectivity index is 2.05. The number of nitrogens with one attached hydrogen (secondary N) is 2. The molecular weight excluding hydrogens is 289 g/mol. The number of aromatic nitrogens is 1. The zero-order chi connectivity index (χ0) is 15.2. The molecule has 1 saturated carbocycles. The Morgan fingerprint density at radius 3 is 3.00 bits per heavy atom. The van der Waals surface area contributed by atoms with Crippen molar-refractivity contribution < 1.29 is 9.18 Å². The lowest BCUT2D eigenvalue weighted by Gasteiger charge is -2.15. The van der Waals surface area contributed by atoms with Crippen LogP contribution in [0.4, 0.5) is 10.2 Å². The minimum atomic E-state index is -0.490. The van der Waals surface area contributed by atoms with Crippen molar-refractivity contribution in [3.8, 4) is 0 Å². The topological polar surface area (TPSA) is 54.0 Å². The van der Waals surface area contributed by atoms with E-state index in [2.05, 4.69) is 21.9 Å². The smallest absolute Gasteiger partial charge is 0.255 e. The SMILES string of the molecule is CCCNc1ncc(F)cc1C(=O)NC1CCC(SC)C1. The van der Waals surface area contributed by atoms with Crippen LogP contribution in [-0.2, 0) is 0 Å². The summed E-state index contributed by atoms with van der Waals surface area (Å²) in [6, 6.07) is 1.43. The van der Waals surface area contributed by atoms with Crippen LogP contribution in [0.1, 0.15) is 43.0 Å². The molecule has 1 aromatic heterocycles. The standard InChI is InChI=1S/C15H22FN3OS/c1-3-6-17-14-13(7-10(16)9-18-14)15(20)19-11-4-5-12(8-11)21-2/h7,9,11-12H,3-6,8H2,1-2H3,(H,17,18)(H,19,20). The van der Waals surface area contributed by atoms with Gasteiger partial charge in [-0.1, -0.05) is 6.92 Å². The first-order valence-corrected chi connectivity index (χ1v) is 8.66. The molecule has 2 rings (SSSR count). The number of pyridine rings is 1.